The van der Waals surface area contributed by atoms with E-state index in [4.69, 9.17) is 18.9 Å². The molecule has 12 nitrogen and oxygen atoms in total. The number of ether oxygens (including phenoxy) is 4. The number of methoxy groups -OCH3 is 3. The molecule has 2 aromatic heterocycles. The summed E-state index contributed by atoms with van der Waals surface area (Å²) >= 11 is 0. The number of hydrogen-bond donors (Lipinski definition) is 3. The van der Waals surface area contributed by atoms with E-state index in [2.05, 4.69) is 35.9 Å². The highest BCUT2D eigenvalue weighted by molar-refractivity contribution is 5.99. The van der Waals surface area contributed by atoms with Gasteiger partial charge < -0.3 is 34.9 Å². The number of amides is 1. The summed E-state index contributed by atoms with van der Waals surface area (Å²) in [6.45, 7) is 3.37. The molecule has 0 radical (unpaired) electrons. The van der Waals surface area contributed by atoms with Crippen molar-refractivity contribution >= 4 is 35.1 Å². The van der Waals surface area contributed by atoms with Gasteiger partial charge in [0.05, 0.1) is 21.3 Å². The minimum absolute atomic E-state index is 0.246. The van der Waals surface area contributed by atoms with Crippen LogP contribution >= 0.6 is 0 Å². The maximum atomic E-state index is 12.1. The van der Waals surface area contributed by atoms with Crippen LogP contribution in [0.15, 0.2) is 30.6 Å². The first-order chi connectivity index (χ1) is 15.8. The fourth-order valence-electron chi connectivity index (χ4n) is 3.08. The number of nitrogens with zero attached hydrogens (tertiary/aromatic N) is 4. The first-order valence-electron chi connectivity index (χ1n) is 9.87. The quantitative estimate of drug-likeness (QED) is 0.486. The predicted molar refractivity (Wildman–Crippen MR) is 120 cm³/mol. The van der Waals surface area contributed by atoms with Crippen LogP contribution in [-0.4, -0.2) is 52.8 Å². The third-order valence-corrected chi connectivity index (χ3v) is 4.73. The van der Waals surface area contributed by atoms with Crippen molar-refractivity contribution < 1.29 is 23.7 Å². The fourth-order valence-corrected chi connectivity index (χ4v) is 3.08. The first-order valence-corrected chi connectivity index (χ1v) is 9.87. The number of benzene rings is 1. The van der Waals surface area contributed by atoms with E-state index in [-0.39, 0.29) is 17.8 Å². The first kappa shape index (κ1) is 21.9. The van der Waals surface area contributed by atoms with Gasteiger partial charge in [-0.3, -0.25) is 4.79 Å². The summed E-state index contributed by atoms with van der Waals surface area (Å²) in [4.78, 5) is 29.1. The standard InChI is InChI=1S/C21H23N7O5/c1-21(2)18(29)27-17-12(33-21)6-7-15(25-17)26-20-23-10-22-19(28-20)24-11-8-13(30-3)16(32-5)14(9-11)31-4/h6-10H,1-5H3,(H3,22,23,24,25,26,27,28,29). The van der Waals surface area contributed by atoms with Gasteiger partial charge in [0.1, 0.15) is 12.1 Å². The topological polar surface area (TPSA) is 142 Å². The van der Waals surface area contributed by atoms with Crippen LogP contribution in [0.4, 0.5) is 29.2 Å². The second kappa shape index (κ2) is 8.65. The Morgan fingerprint density at radius 3 is 2.24 bits per heavy atom. The number of hydrogen-bond acceptors (Lipinski definition) is 11. The fraction of sp³-hybridized carbons (Fsp3) is 0.286. The van der Waals surface area contributed by atoms with Crippen LogP contribution in [0.2, 0.25) is 0 Å². The highest BCUT2D eigenvalue weighted by Crippen LogP contribution is 2.40. The molecule has 12 heteroatoms. The molecule has 1 aromatic carbocycles. The van der Waals surface area contributed by atoms with Crippen LogP contribution in [0.5, 0.6) is 23.0 Å². The van der Waals surface area contributed by atoms with E-state index in [0.29, 0.717) is 40.3 Å². The van der Waals surface area contributed by atoms with E-state index in [9.17, 15) is 4.79 Å². The zero-order chi connectivity index (χ0) is 23.6. The van der Waals surface area contributed by atoms with Gasteiger partial charge in [-0.25, -0.2) is 15.0 Å². The van der Waals surface area contributed by atoms with Gasteiger partial charge in [0.15, 0.2) is 28.7 Å². The summed E-state index contributed by atoms with van der Waals surface area (Å²) in [5.74, 6) is 2.89. The van der Waals surface area contributed by atoms with Crippen LogP contribution in [0, 0.1) is 0 Å². The van der Waals surface area contributed by atoms with E-state index in [1.165, 1.54) is 27.7 Å². The third kappa shape index (κ3) is 4.49. The average Bonchev–Trinajstić information content (AvgIpc) is 2.79. The molecule has 0 atom stereocenters. The van der Waals surface area contributed by atoms with Crippen LogP contribution in [0.3, 0.4) is 0 Å². The molecule has 0 spiro atoms. The van der Waals surface area contributed by atoms with Gasteiger partial charge in [0, 0.05) is 17.8 Å². The molecule has 3 aromatic rings. The summed E-state index contributed by atoms with van der Waals surface area (Å²) < 4.78 is 21.8. The Labute approximate surface area is 189 Å². The van der Waals surface area contributed by atoms with Crippen molar-refractivity contribution in [2.45, 2.75) is 19.4 Å². The molecule has 0 unspecified atom stereocenters. The van der Waals surface area contributed by atoms with Crippen molar-refractivity contribution in [3.05, 3.63) is 30.6 Å². The summed E-state index contributed by atoms with van der Waals surface area (Å²) in [6, 6.07) is 6.87. The van der Waals surface area contributed by atoms with Crippen molar-refractivity contribution in [3.8, 4) is 23.0 Å². The molecule has 172 valence electrons. The molecule has 0 fully saturated rings. The SMILES string of the molecule is COc1cc(Nc2ncnc(Nc3ccc4c(n3)NC(=O)C(C)(C)O4)n2)cc(OC)c1OC. The van der Waals surface area contributed by atoms with E-state index < -0.39 is 5.60 Å². The Kier molecular flexibility index (Phi) is 5.73. The Bertz CT molecular complexity index is 1180. The molecular formula is C21H23N7O5. The van der Waals surface area contributed by atoms with E-state index in [1.54, 1.807) is 38.1 Å². The van der Waals surface area contributed by atoms with Gasteiger partial charge in [-0.2, -0.15) is 4.98 Å². The third-order valence-electron chi connectivity index (χ3n) is 4.73. The predicted octanol–water partition coefficient (Wildman–Crippen LogP) is 2.89. The number of aromatic nitrogens is 4. The Balaban J connectivity index is 1.54. The van der Waals surface area contributed by atoms with E-state index in [0.717, 1.165) is 0 Å². The number of anilines is 5. The molecule has 3 heterocycles. The normalized spacial score (nSPS) is 13.8. The molecule has 1 aliphatic rings. The second-order valence-electron chi connectivity index (χ2n) is 7.41. The molecule has 0 saturated carbocycles. The summed E-state index contributed by atoms with van der Waals surface area (Å²) in [5, 5.41) is 8.81. The number of carbonyl (C=O) groups is 1. The molecule has 4 rings (SSSR count). The minimum Gasteiger partial charge on any atom is -0.493 e. The lowest BCUT2D eigenvalue weighted by atomic mass is 10.1. The Morgan fingerprint density at radius 2 is 1.61 bits per heavy atom. The van der Waals surface area contributed by atoms with Crippen LogP contribution in [0.1, 0.15) is 13.8 Å². The lowest BCUT2D eigenvalue weighted by Crippen LogP contribution is -2.46. The molecule has 33 heavy (non-hydrogen) atoms. The summed E-state index contributed by atoms with van der Waals surface area (Å²) in [5.41, 5.74) is -0.346. The van der Waals surface area contributed by atoms with Crippen molar-refractivity contribution in [3.63, 3.8) is 0 Å². The zero-order valence-electron chi connectivity index (χ0n) is 18.7. The zero-order valence-corrected chi connectivity index (χ0v) is 18.7. The van der Waals surface area contributed by atoms with Gasteiger partial charge >= 0.3 is 0 Å². The monoisotopic (exact) mass is 453 g/mol. The lowest BCUT2D eigenvalue weighted by Gasteiger charge is -2.30. The Morgan fingerprint density at radius 1 is 0.939 bits per heavy atom. The number of carbonyl (C=O) groups excluding carboxylic acids is 1. The molecule has 0 aliphatic carbocycles. The van der Waals surface area contributed by atoms with Gasteiger partial charge in [-0.1, -0.05) is 0 Å². The van der Waals surface area contributed by atoms with Gasteiger partial charge in [-0.05, 0) is 26.0 Å². The largest absolute Gasteiger partial charge is 0.493 e. The lowest BCUT2D eigenvalue weighted by molar-refractivity contribution is -0.129. The van der Waals surface area contributed by atoms with Crippen molar-refractivity contribution in [2.24, 2.45) is 0 Å². The molecule has 3 N–H and O–H groups in total. The number of pyridine rings is 1. The van der Waals surface area contributed by atoms with Gasteiger partial charge in [-0.15, -0.1) is 0 Å². The van der Waals surface area contributed by atoms with Crippen LogP contribution in [-0.2, 0) is 4.79 Å². The second-order valence-corrected chi connectivity index (χ2v) is 7.41. The number of rotatable bonds is 7. The van der Waals surface area contributed by atoms with Crippen molar-refractivity contribution in [1.82, 2.24) is 19.9 Å². The van der Waals surface area contributed by atoms with Gasteiger partial charge in [0.2, 0.25) is 17.6 Å². The van der Waals surface area contributed by atoms with E-state index >= 15 is 0 Å². The number of fused-ring (bicyclic) bond motifs is 1. The summed E-state index contributed by atoms with van der Waals surface area (Å²) in [6.07, 6.45) is 1.35. The van der Waals surface area contributed by atoms with Crippen molar-refractivity contribution in [1.29, 1.82) is 0 Å². The highest BCUT2D eigenvalue weighted by atomic mass is 16.5. The Hall–Kier alpha value is -4.35. The minimum atomic E-state index is -0.967. The van der Waals surface area contributed by atoms with Crippen LogP contribution in [0.25, 0.3) is 0 Å². The molecule has 0 saturated heterocycles. The van der Waals surface area contributed by atoms with Crippen LogP contribution < -0.4 is 34.9 Å². The van der Waals surface area contributed by atoms with Crippen molar-refractivity contribution in [2.75, 3.05) is 37.3 Å². The highest BCUT2D eigenvalue weighted by Gasteiger charge is 2.36. The molecule has 0 bridgehead atoms. The molecule has 1 amide bonds. The number of nitrogens with one attached hydrogen (secondary N) is 3. The van der Waals surface area contributed by atoms with E-state index in [1.807, 2.05) is 0 Å². The maximum absolute atomic E-state index is 12.1. The smallest absolute Gasteiger partial charge is 0.269 e. The average molecular weight is 453 g/mol. The maximum Gasteiger partial charge on any atom is 0.269 e. The van der Waals surface area contributed by atoms with Gasteiger partial charge in [0.25, 0.3) is 5.91 Å². The molecular weight excluding hydrogens is 430 g/mol. The summed E-state index contributed by atoms with van der Waals surface area (Å²) in [7, 11) is 4.60. The molecule has 1 aliphatic heterocycles.